The summed E-state index contributed by atoms with van der Waals surface area (Å²) in [7, 11) is -3.62. The van der Waals surface area contributed by atoms with Crippen LogP contribution < -0.4 is 9.88 Å². The first-order chi connectivity index (χ1) is 13.0. The number of H-pyrrole nitrogens is 1. The van der Waals surface area contributed by atoms with Gasteiger partial charge in [-0.3, -0.25) is 0 Å². The summed E-state index contributed by atoms with van der Waals surface area (Å²) in [5.74, 6) is 0. The predicted molar refractivity (Wildman–Crippen MR) is 108 cm³/mol. The molecular weight excluding hydrogens is 356 g/mol. The maximum Gasteiger partial charge on any atom is 0.214 e. The van der Waals surface area contributed by atoms with E-state index in [0.29, 0.717) is 9.79 Å². The Morgan fingerprint density at radius 2 is 1.67 bits per heavy atom. The summed E-state index contributed by atoms with van der Waals surface area (Å²) in [5.41, 5.74) is 3.87. The summed E-state index contributed by atoms with van der Waals surface area (Å²) in [6.07, 6.45) is 5.05. The number of hydrogen-bond acceptors (Lipinski definition) is 3. The predicted octanol–water partition coefficient (Wildman–Crippen LogP) is 4.09. The molecule has 3 aromatic rings. The number of aromatic nitrogens is 1. The van der Waals surface area contributed by atoms with Crippen molar-refractivity contribution in [3.05, 3.63) is 59.8 Å². The summed E-state index contributed by atoms with van der Waals surface area (Å²) in [4.78, 5) is 6.16. The van der Waals surface area contributed by atoms with Crippen LogP contribution in [0.2, 0.25) is 0 Å². The number of sulfone groups is 1. The summed E-state index contributed by atoms with van der Waals surface area (Å²) >= 11 is 0. The average molecular weight is 382 g/mol. The molecule has 0 spiro atoms. The van der Waals surface area contributed by atoms with Crippen molar-refractivity contribution in [2.24, 2.45) is 0 Å². The Hall–Kier alpha value is -2.40. The lowest BCUT2D eigenvalue weighted by molar-refractivity contribution is -0.347. The fourth-order valence-corrected chi connectivity index (χ4v) is 5.36. The van der Waals surface area contributed by atoms with Crippen LogP contribution in [0.25, 0.3) is 10.9 Å². The topological polar surface area (TPSA) is 51.5 Å². The van der Waals surface area contributed by atoms with Gasteiger partial charge in [-0.05, 0) is 62.4 Å². The standard InChI is InChI=1S/C22H24N2O2S/c1-16-10-11-18(14-17(16)2)27(25,26)21-15-23-20-9-5-4-8-19(20)22(21)24-12-6-3-7-13-24/h4-5,8-11,14-15H,3,6-7,12-13H2,1-2H3/p+1. The van der Waals surface area contributed by atoms with Crippen molar-refractivity contribution in [3.8, 4) is 0 Å². The van der Waals surface area contributed by atoms with Gasteiger partial charge in [-0.25, -0.2) is 13.4 Å². The molecule has 0 unspecified atom stereocenters. The number of aryl methyl sites for hydroxylation is 2. The number of benzene rings is 2. The third-order valence-corrected chi connectivity index (χ3v) is 7.29. The van der Waals surface area contributed by atoms with Crippen molar-refractivity contribution < 1.29 is 13.4 Å². The zero-order valence-electron chi connectivity index (χ0n) is 15.8. The number of anilines is 1. The van der Waals surface area contributed by atoms with Crippen molar-refractivity contribution in [2.45, 2.75) is 42.9 Å². The highest BCUT2D eigenvalue weighted by molar-refractivity contribution is 7.91. The molecule has 5 heteroatoms. The number of nitrogens with one attached hydrogen (secondary N) is 1. The van der Waals surface area contributed by atoms with Gasteiger partial charge in [0.05, 0.1) is 16.0 Å². The second-order valence-corrected chi connectivity index (χ2v) is 9.26. The van der Waals surface area contributed by atoms with E-state index in [0.717, 1.165) is 53.6 Å². The number of fused-ring (bicyclic) bond motifs is 1. The largest absolute Gasteiger partial charge is 0.370 e. The minimum atomic E-state index is -3.62. The van der Waals surface area contributed by atoms with Crippen molar-refractivity contribution in [1.29, 1.82) is 0 Å². The molecule has 4 rings (SSSR count). The molecule has 27 heavy (non-hydrogen) atoms. The van der Waals surface area contributed by atoms with Crippen molar-refractivity contribution in [1.82, 2.24) is 0 Å². The Kier molecular flexibility index (Phi) is 4.64. The fraction of sp³-hybridized carbons (Fsp3) is 0.318. The number of pyridine rings is 1. The summed E-state index contributed by atoms with van der Waals surface area (Å²) < 4.78 is 27.1. The quantitative estimate of drug-likeness (QED) is 0.686. The van der Waals surface area contributed by atoms with Crippen molar-refractivity contribution in [3.63, 3.8) is 0 Å². The molecule has 0 bridgehead atoms. The first-order valence-electron chi connectivity index (χ1n) is 9.49. The lowest BCUT2D eigenvalue weighted by Gasteiger charge is -2.30. The maximum absolute atomic E-state index is 13.6. The van der Waals surface area contributed by atoms with E-state index in [2.05, 4.69) is 9.88 Å². The Balaban J connectivity index is 1.96. The second kappa shape index (κ2) is 6.97. The van der Waals surface area contributed by atoms with Crippen LogP contribution in [0.5, 0.6) is 0 Å². The van der Waals surface area contributed by atoms with E-state index in [1.165, 1.54) is 6.42 Å². The number of piperidine rings is 1. The molecule has 0 amide bonds. The normalized spacial score (nSPS) is 15.3. The zero-order chi connectivity index (χ0) is 19.0. The van der Waals surface area contributed by atoms with E-state index in [1.54, 1.807) is 18.3 Å². The molecule has 1 fully saturated rings. The third kappa shape index (κ3) is 3.21. The zero-order valence-corrected chi connectivity index (χ0v) is 16.6. The van der Waals surface area contributed by atoms with E-state index >= 15 is 0 Å². The molecule has 1 N–H and O–H groups in total. The second-order valence-electron chi connectivity index (χ2n) is 7.34. The first kappa shape index (κ1) is 18.0. The van der Waals surface area contributed by atoms with Crippen LogP contribution in [-0.4, -0.2) is 21.5 Å². The molecule has 1 aromatic heterocycles. The van der Waals surface area contributed by atoms with E-state index in [1.807, 2.05) is 44.2 Å². The minimum absolute atomic E-state index is 0.354. The lowest BCUT2D eigenvalue weighted by Crippen LogP contribution is -2.31. The third-order valence-electron chi connectivity index (χ3n) is 5.52. The molecule has 140 valence electrons. The smallest absolute Gasteiger partial charge is 0.214 e. The van der Waals surface area contributed by atoms with Gasteiger partial charge in [0.1, 0.15) is 0 Å². The number of rotatable bonds is 3. The highest BCUT2D eigenvalue weighted by atomic mass is 32.2. The van der Waals surface area contributed by atoms with E-state index in [9.17, 15) is 8.42 Å². The van der Waals surface area contributed by atoms with Crippen LogP contribution in [0.4, 0.5) is 5.69 Å². The van der Waals surface area contributed by atoms with Crippen molar-refractivity contribution in [2.75, 3.05) is 18.0 Å². The monoisotopic (exact) mass is 381 g/mol. The molecule has 1 aliphatic rings. The highest BCUT2D eigenvalue weighted by Crippen LogP contribution is 2.36. The van der Waals surface area contributed by atoms with Gasteiger partial charge in [-0.2, -0.15) is 0 Å². The van der Waals surface area contributed by atoms with Gasteiger partial charge >= 0.3 is 0 Å². The van der Waals surface area contributed by atoms with Gasteiger partial charge in [-0.15, -0.1) is 0 Å². The maximum atomic E-state index is 13.6. The van der Waals surface area contributed by atoms with Gasteiger partial charge in [0, 0.05) is 19.2 Å². The minimum Gasteiger partial charge on any atom is -0.370 e. The van der Waals surface area contributed by atoms with E-state index in [4.69, 9.17) is 0 Å². The fourth-order valence-electron chi connectivity index (χ4n) is 3.82. The molecule has 0 saturated carbocycles. The average Bonchev–Trinajstić information content (AvgIpc) is 2.69. The molecule has 1 saturated heterocycles. The Morgan fingerprint density at radius 1 is 0.926 bits per heavy atom. The molecule has 2 aromatic carbocycles. The highest BCUT2D eigenvalue weighted by Gasteiger charge is 2.30. The number of para-hydroxylation sites is 1. The van der Waals surface area contributed by atoms with Gasteiger partial charge < -0.3 is 4.90 Å². The SMILES string of the molecule is Cc1ccc(S(=O)(=O)c2c[nH+]c3ccccc3c2N2CCCCC2)cc1C. The summed E-state index contributed by atoms with van der Waals surface area (Å²) in [5, 5.41) is 0.962. The Morgan fingerprint density at radius 3 is 2.41 bits per heavy atom. The van der Waals surface area contributed by atoms with Gasteiger partial charge in [0.25, 0.3) is 0 Å². The molecule has 4 nitrogen and oxygen atoms in total. The van der Waals surface area contributed by atoms with Crippen LogP contribution in [0.3, 0.4) is 0 Å². The first-order valence-corrected chi connectivity index (χ1v) is 11.0. The van der Waals surface area contributed by atoms with E-state index in [-0.39, 0.29) is 0 Å². The van der Waals surface area contributed by atoms with Gasteiger partial charge in [0.15, 0.2) is 11.1 Å². The molecule has 1 aliphatic heterocycles. The van der Waals surface area contributed by atoms with Crippen LogP contribution in [0.1, 0.15) is 30.4 Å². The molecular formula is C22H25N2O2S+. The lowest BCUT2D eigenvalue weighted by atomic mass is 10.1. The number of hydrogen-bond donors (Lipinski definition) is 0. The van der Waals surface area contributed by atoms with Crippen molar-refractivity contribution >= 4 is 26.4 Å². The number of aromatic amines is 1. The van der Waals surface area contributed by atoms with Gasteiger partial charge in [0.2, 0.25) is 15.4 Å². The summed E-state index contributed by atoms with van der Waals surface area (Å²) in [6.45, 7) is 5.73. The Labute approximate surface area is 160 Å². The molecule has 0 atom stereocenters. The van der Waals surface area contributed by atoms with Crippen LogP contribution in [0, 0.1) is 13.8 Å². The Bertz CT molecular complexity index is 1100. The van der Waals surface area contributed by atoms with Gasteiger partial charge in [-0.1, -0.05) is 18.2 Å². The molecule has 2 heterocycles. The van der Waals surface area contributed by atoms with Crippen LogP contribution in [0.15, 0.2) is 58.5 Å². The van der Waals surface area contributed by atoms with Crippen LogP contribution >= 0.6 is 0 Å². The summed E-state index contributed by atoms with van der Waals surface area (Å²) in [6, 6.07) is 13.3. The van der Waals surface area contributed by atoms with Crippen LogP contribution in [-0.2, 0) is 9.84 Å². The molecule has 0 aliphatic carbocycles. The van der Waals surface area contributed by atoms with E-state index < -0.39 is 9.84 Å². The number of nitrogens with zero attached hydrogens (tertiary/aromatic N) is 1. The molecule has 0 radical (unpaired) electrons.